The van der Waals surface area contributed by atoms with E-state index >= 15 is 0 Å². The lowest BCUT2D eigenvalue weighted by Gasteiger charge is -2.14. The van der Waals surface area contributed by atoms with Gasteiger partial charge in [0.15, 0.2) is 0 Å². The third-order valence-corrected chi connectivity index (χ3v) is 2.97. The molecule has 0 bridgehead atoms. The summed E-state index contributed by atoms with van der Waals surface area (Å²) >= 11 is 0. The first kappa shape index (κ1) is 14.2. The Morgan fingerprint density at radius 2 is 2.20 bits per heavy atom. The van der Waals surface area contributed by atoms with Crippen LogP contribution >= 0.6 is 0 Å². The summed E-state index contributed by atoms with van der Waals surface area (Å²) in [7, 11) is 0. The van der Waals surface area contributed by atoms with Crippen molar-refractivity contribution >= 4 is 22.3 Å². The van der Waals surface area contributed by atoms with Crippen LogP contribution in [0.15, 0.2) is 30.5 Å². The van der Waals surface area contributed by atoms with Crippen LogP contribution < -0.4 is 5.32 Å². The number of nitrogens with zero attached hydrogens (tertiary/aromatic N) is 2. The average Bonchev–Trinajstić information content (AvgIpc) is 2.44. The minimum Gasteiger partial charge on any atom is -0.377 e. The molecule has 1 N–H and O–H groups in total. The van der Waals surface area contributed by atoms with E-state index in [4.69, 9.17) is 4.74 Å². The number of para-hydroxylation sites is 1. The SMILES string of the molecule is CCOC(C)CNc1c([N+](=O)[O-])cnc2ccccc12. The molecule has 0 fully saturated rings. The number of hydrogen-bond donors (Lipinski definition) is 1. The highest BCUT2D eigenvalue weighted by atomic mass is 16.6. The Labute approximate surface area is 116 Å². The number of hydrogen-bond acceptors (Lipinski definition) is 5. The van der Waals surface area contributed by atoms with Gasteiger partial charge in [0.1, 0.15) is 11.9 Å². The van der Waals surface area contributed by atoms with Crippen molar-refractivity contribution in [2.24, 2.45) is 0 Å². The minimum atomic E-state index is -0.423. The lowest BCUT2D eigenvalue weighted by atomic mass is 10.1. The molecule has 0 aliphatic rings. The van der Waals surface area contributed by atoms with Gasteiger partial charge in [0.05, 0.1) is 16.5 Å². The van der Waals surface area contributed by atoms with Crippen LogP contribution in [0.4, 0.5) is 11.4 Å². The first-order valence-corrected chi connectivity index (χ1v) is 6.51. The second kappa shape index (κ2) is 6.29. The van der Waals surface area contributed by atoms with Crippen LogP contribution in [-0.2, 0) is 4.74 Å². The molecule has 0 radical (unpaired) electrons. The lowest BCUT2D eigenvalue weighted by molar-refractivity contribution is -0.384. The third kappa shape index (κ3) is 3.03. The number of benzene rings is 1. The van der Waals surface area contributed by atoms with Crippen molar-refractivity contribution in [1.82, 2.24) is 4.98 Å². The van der Waals surface area contributed by atoms with Crippen molar-refractivity contribution in [3.8, 4) is 0 Å². The Morgan fingerprint density at radius 1 is 1.45 bits per heavy atom. The number of fused-ring (bicyclic) bond motifs is 1. The number of pyridine rings is 1. The molecule has 1 aromatic carbocycles. The van der Waals surface area contributed by atoms with Crippen LogP contribution in [0.2, 0.25) is 0 Å². The van der Waals surface area contributed by atoms with E-state index < -0.39 is 4.92 Å². The smallest absolute Gasteiger partial charge is 0.311 e. The molecule has 6 heteroatoms. The standard InChI is InChI=1S/C14H17N3O3/c1-3-20-10(2)8-16-14-11-6-4-5-7-12(11)15-9-13(14)17(18)19/h4-7,9-10H,3,8H2,1-2H3,(H,15,16). The molecule has 1 unspecified atom stereocenters. The summed E-state index contributed by atoms with van der Waals surface area (Å²) in [5, 5.41) is 15.0. The molecule has 2 rings (SSSR count). The van der Waals surface area contributed by atoms with Gasteiger partial charge in [0.25, 0.3) is 0 Å². The van der Waals surface area contributed by atoms with Gasteiger partial charge in [0.2, 0.25) is 0 Å². The van der Waals surface area contributed by atoms with E-state index in [0.29, 0.717) is 18.8 Å². The van der Waals surface area contributed by atoms with Crippen molar-refractivity contribution in [1.29, 1.82) is 0 Å². The van der Waals surface area contributed by atoms with E-state index in [1.807, 2.05) is 38.1 Å². The highest BCUT2D eigenvalue weighted by Gasteiger charge is 2.18. The van der Waals surface area contributed by atoms with Crippen molar-refractivity contribution in [3.05, 3.63) is 40.6 Å². The molecule has 0 amide bonds. The maximum absolute atomic E-state index is 11.1. The number of nitrogens with one attached hydrogen (secondary N) is 1. The van der Waals surface area contributed by atoms with E-state index in [9.17, 15) is 10.1 Å². The molecule has 0 saturated heterocycles. The maximum Gasteiger partial charge on any atom is 0.311 e. The fourth-order valence-electron chi connectivity index (χ4n) is 2.04. The molecule has 0 spiro atoms. The summed E-state index contributed by atoms with van der Waals surface area (Å²) in [6, 6.07) is 7.35. The Balaban J connectivity index is 2.37. The number of rotatable bonds is 6. The van der Waals surface area contributed by atoms with Crippen LogP contribution in [0.5, 0.6) is 0 Å². The van der Waals surface area contributed by atoms with Gasteiger partial charge in [-0.3, -0.25) is 10.1 Å². The summed E-state index contributed by atoms with van der Waals surface area (Å²) in [5.74, 6) is 0. The second-order valence-electron chi connectivity index (χ2n) is 4.44. The van der Waals surface area contributed by atoms with Crippen LogP contribution in [0.25, 0.3) is 10.9 Å². The zero-order valence-electron chi connectivity index (χ0n) is 11.5. The molecule has 6 nitrogen and oxygen atoms in total. The van der Waals surface area contributed by atoms with Gasteiger partial charge >= 0.3 is 5.69 Å². The minimum absolute atomic E-state index is 0.0209. The number of anilines is 1. The van der Waals surface area contributed by atoms with Gasteiger partial charge in [-0.1, -0.05) is 18.2 Å². The molecule has 0 aliphatic heterocycles. The topological polar surface area (TPSA) is 77.3 Å². The highest BCUT2D eigenvalue weighted by molar-refractivity contribution is 5.95. The predicted octanol–water partition coefficient (Wildman–Crippen LogP) is 2.98. The van der Waals surface area contributed by atoms with Gasteiger partial charge < -0.3 is 10.1 Å². The fourth-order valence-corrected chi connectivity index (χ4v) is 2.04. The van der Waals surface area contributed by atoms with Crippen molar-refractivity contribution in [2.45, 2.75) is 20.0 Å². The molecule has 0 saturated carbocycles. The average molecular weight is 275 g/mol. The third-order valence-electron chi connectivity index (χ3n) is 2.97. The molecule has 106 valence electrons. The lowest BCUT2D eigenvalue weighted by Crippen LogP contribution is -2.20. The Hall–Kier alpha value is -2.21. The van der Waals surface area contributed by atoms with E-state index in [-0.39, 0.29) is 11.8 Å². The second-order valence-corrected chi connectivity index (χ2v) is 4.44. The van der Waals surface area contributed by atoms with Gasteiger partial charge in [0, 0.05) is 18.5 Å². The van der Waals surface area contributed by atoms with Crippen molar-refractivity contribution < 1.29 is 9.66 Å². The summed E-state index contributed by atoms with van der Waals surface area (Å²) in [6.07, 6.45) is 1.27. The molecule has 20 heavy (non-hydrogen) atoms. The summed E-state index contributed by atoms with van der Waals surface area (Å²) in [4.78, 5) is 14.8. The Kier molecular flexibility index (Phi) is 4.47. The van der Waals surface area contributed by atoms with Crippen LogP contribution in [0, 0.1) is 10.1 Å². The predicted molar refractivity (Wildman–Crippen MR) is 78.0 cm³/mol. The van der Waals surface area contributed by atoms with E-state index in [0.717, 1.165) is 10.9 Å². The number of ether oxygens (including phenoxy) is 1. The fraction of sp³-hybridized carbons (Fsp3) is 0.357. The molecule has 1 aromatic heterocycles. The summed E-state index contributed by atoms with van der Waals surface area (Å²) in [5.41, 5.74) is 1.20. The monoisotopic (exact) mass is 275 g/mol. The summed E-state index contributed by atoms with van der Waals surface area (Å²) < 4.78 is 5.43. The first-order valence-electron chi connectivity index (χ1n) is 6.51. The van der Waals surface area contributed by atoms with E-state index in [1.165, 1.54) is 6.20 Å². The largest absolute Gasteiger partial charge is 0.377 e. The Bertz CT molecular complexity index is 616. The number of nitro groups is 1. The van der Waals surface area contributed by atoms with Crippen LogP contribution in [0.1, 0.15) is 13.8 Å². The van der Waals surface area contributed by atoms with Crippen molar-refractivity contribution in [3.63, 3.8) is 0 Å². The highest BCUT2D eigenvalue weighted by Crippen LogP contribution is 2.31. The van der Waals surface area contributed by atoms with Gasteiger partial charge in [-0.15, -0.1) is 0 Å². The van der Waals surface area contributed by atoms with Gasteiger partial charge in [-0.05, 0) is 19.9 Å². The molecular formula is C14H17N3O3. The molecule has 0 aliphatic carbocycles. The van der Waals surface area contributed by atoms with Crippen LogP contribution in [-0.4, -0.2) is 29.2 Å². The molecular weight excluding hydrogens is 258 g/mol. The van der Waals surface area contributed by atoms with Gasteiger partial charge in [-0.2, -0.15) is 0 Å². The van der Waals surface area contributed by atoms with Crippen LogP contribution in [0.3, 0.4) is 0 Å². The quantitative estimate of drug-likeness (QED) is 0.647. The number of aromatic nitrogens is 1. The van der Waals surface area contributed by atoms with Gasteiger partial charge in [-0.25, -0.2) is 4.98 Å². The molecule has 2 aromatic rings. The first-order chi connectivity index (χ1) is 9.63. The molecule has 1 heterocycles. The molecule has 1 atom stereocenters. The van der Waals surface area contributed by atoms with E-state index in [1.54, 1.807) is 0 Å². The van der Waals surface area contributed by atoms with E-state index in [2.05, 4.69) is 10.3 Å². The zero-order chi connectivity index (χ0) is 14.5. The van der Waals surface area contributed by atoms with Crippen molar-refractivity contribution in [2.75, 3.05) is 18.5 Å². The maximum atomic E-state index is 11.1. The normalized spacial score (nSPS) is 12.3. The summed E-state index contributed by atoms with van der Waals surface area (Å²) in [6.45, 7) is 4.96. The Morgan fingerprint density at radius 3 is 2.90 bits per heavy atom. The zero-order valence-corrected chi connectivity index (χ0v) is 11.5.